The number of thiazole rings is 1. The average Bonchev–Trinajstić information content (AvgIpc) is 3.04. The highest BCUT2D eigenvalue weighted by Crippen LogP contribution is 2.25. The summed E-state index contributed by atoms with van der Waals surface area (Å²) in [7, 11) is 0. The summed E-state index contributed by atoms with van der Waals surface area (Å²) in [5.41, 5.74) is 1.72. The number of hydrogen-bond donors (Lipinski definition) is 1. The molecule has 5 nitrogen and oxygen atoms in total. The SMILES string of the molecule is O=c1c(Cl)c(Nc2ccccc2)cnn1-c1nc2ccccc2s1. The van der Waals surface area contributed by atoms with Crippen LogP contribution in [0.1, 0.15) is 0 Å². The Bertz CT molecular complexity index is 1040. The van der Waals surface area contributed by atoms with Gasteiger partial charge < -0.3 is 5.32 Å². The van der Waals surface area contributed by atoms with Crippen LogP contribution in [0.2, 0.25) is 5.02 Å². The molecule has 4 aromatic rings. The predicted octanol–water partition coefficient (Wildman–Crippen LogP) is 4.24. The summed E-state index contributed by atoms with van der Waals surface area (Å²) in [6.45, 7) is 0. The first kappa shape index (κ1) is 14.9. The van der Waals surface area contributed by atoms with Gasteiger partial charge in [0.25, 0.3) is 5.56 Å². The molecule has 0 aliphatic rings. The molecule has 0 spiro atoms. The summed E-state index contributed by atoms with van der Waals surface area (Å²) < 4.78 is 2.22. The summed E-state index contributed by atoms with van der Waals surface area (Å²) >= 11 is 7.63. The quantitative estimate of drug-likeness (QED) is 0.597. The van der Waals surface area contributed by atoms with Gasteiger partial charge in [-0.1, -0.05) is 53.3 Å². The summed E-state index contributed by atoms with van der Waals surface area (Å²) in [5.74, 6) is 0. The minimum absolute atomic E-state index is 0.0770. The van der Waals surface area contributed by atoms with Gasteiger partial charge in [-0.2, -0.15) is 9.78 Å². The number of aromatic nitrogens is 3. The van der Waals surface area contributed by atoms with Crippen molar-refractivity contribution >= 4 is 44.5 Å². The molecule has 2 aromatic heterocycles. The Labute approximate surface area is 146 Å². The molecule has 24 heavy (non-hydrogen) atoms. The highest BCUT2D eigenvalue weighted by Gasteiger charge is 2.14. The van der Waals surface area contributed by atoms with Crippen LogP contribution < -0.4 is 10.9 Å². The number of fused-ring (bicyclic) bond motifs is 1. The van der Waals surface area contributed by atoms with Crippen molar-refractivity contribution in [2.24, 2.45) is 0 Å². The molecule has 0 aliphatic carbocycles. The number of para-hydroxylation sites is 2. The fourth-order valence-electron chi connectivity index (χ4n) is 2.28. The Hall–Kier alpha value is -2.70. The van der Waals surface area contributed by atoms with Gasteiger partial charge in [0.2, 0.25) is 5.13 Å². The second-order valence-electron chi connectivity index (χ2n) is 5.04. The minimum Gasteiger partial charge on any atom is -0.353 e. The Morgan fingerprint density at radius 2 is 1.79 bits per heavy atom. The molecular weight excluding hydrogens is 344 g/mol. The van der Waals surface area contributed by atoms with Crippen molar-refractivity contribution in [1.82, 2.24) is 14.8 Å². The minimum atomic E-state index is -0.406. The highest BCUT2D eigenvalue weighted by atomic mass is 35.5. The van der Waals surface area contributed by atoms with Crippen LogP contribution >= 0.6 is 22.9 Å². The number of benzene rings is 2. The molecule has 118 valence electrons. The van der Waals surface area contributed by atoms with Crippen LogP contribution in [0.5, 0.6) is 0 Å². The Morgan fingerprint density at radius 3 is 2.58 bits per heavy atom. The van der Waals surface area contributed by atoms with Gasteiger partial charge in [0.1, 0.15) is 5.02 Å². The van der Waals surface area contributed by atoms with Crippen LogP contribution in [0, 0.1) is 0 Å². The van der Waals surface area contributed by atoms with Crippen molar-refractivity contribution in [2.75, 3.05) is 5.32 Å². The first-order valence-corrected chi connectivity index (χ1v) is 8.38. The third-order valence-corrected chi connectivity index (χ3v) is 4.81. The van der Waals surface area contributed by atoms with Gasteiger partial charge in [-0.25, -0.2) is 4.98 Å². The van der Waals surface area contributed by atoms with Crippen LogP contribution in [0.25, 0.3) is 15.3 Å². The van der Waals surface area contributed by atoms with Gasteiger partial charge in [0, 0.05) is 5.69 Å². The second-order valence-corrected chi connectivity index (χ2v) is 6.43. The summed E-state index contributed by atoms with van der Waals surface area (Å²) in [5, 5.41) is 7.87. The standard InChI is InChI=1S/C17H11ClN4OS/c18-15-13(20-11-6-2-1-3-7-11)10-19-22(16(15)23)17-21-12-8-4-5-9-14(12)24-17/h1-10,20H. The van der Waals surface area contributed by atoms with E-state index in [0.717, 1.165) is 15.9 Å². The fraction of sp³-hybridized carbons (Fsp3) is 0. The van der Waals surface area contributed by atoms with Crippen LogP contribution in [-0.2, 0) is 0 Å². The van der Waals surface area contributed by atoms with Crippen molar-refractivity contribution in [2.45, 2.75) is 0 Å². The fourth-order valence-corrected chi connectivity index (χ4v) is 3.38. The van der Waals surface area contributed by atoms with Gasteiger partial charge in [0.15, 0.2) is 0 Å². The largest absolute Gasteiger partial charge is 0.353 e. The lowest BCUT2D eigenvalue weighted by Gasteiger charge is -2.08. The van der Waals surface area contributed by atoms with Gasteiger partial charge in [-0.3, -0.25) is 4.79 Å². The lowest BCUT2D eigenvalue weighted by Crippen LogP contribution is -2.22. The molecule has 0 aliphatic heterocycles. The molecule has 4 rings (SSSR count). The van der Waals surface area contributed by atoms with E-state index in [9.17, 15) is 4.79 Å². The number of hydrogen-bond acceptors (Lipinski definition) is 5. The molecule has 7 heteroatoms. The van der Waals surface area contributed by atoms with Crippen molar-refractivity contribution < 1.29 is 0 Å². The Morgan fingerprint density at radius 1 is 1.04 bits per heavy atom. The predicted molar refractivity (Wildman–Crippen MR) is 97.7 cm³/mol. The zero-order chi connectivity index (χ0) is 16.5. The summed E-state index contributed by atoms with van der Waals surface area (Å²) in [4.78, 5) is 17.0. The first-order chi connectivity index (χ1) is 11.7. The smallest absolute Gasteiger partial charge is 0.294 e. The van der Waals surface area contributed by atoms with Crippen LogP contribution in [0.3, 0.4) is 0 Å². The molecule has 2 heterocycles. The van der Waals surface area contributed by atoms with E-state index in [0.29, 0.717) is 10.8 Å². The van der Waals surface area contributed by atoms with Crippen molar-refractivity contribution in [1.29, 1.82) is 0 Å². The zero-order valence-electron chi connectivity index (χ0n) is 12.3. The average molecular weight is 355 g/mol. The third-order valence-electron chi connectivity index (χ3n) is 3.44. The monoisotopic (exact) mass is 354 g/mol. The summed E-state index contributed by atoms with van der Waals surface area (Å²) in [6.07, 6.45) is 1.53. The van der Waals surface area contributed by atoms with Crippen molar-refractivity contribution in [3.8, 4) is 5.13 Å². The number of nitrogens with one attached hydrogen (secondary N) is 1. The molecular formula is C17H11ClN4OS. The van der Waals surface area contributed by atoms with Crippen molar-refractivity contribution in [3.63, 3.8) is 0 Å². The molecule has 0 fully saturated rings. The van der Waals surface area contributed by atoms with Gasteiger partial charge in [-0.15, -0.1) is 0 Å². The van der Waals surface area contributed by atoms with Crippen molar-refractivity contribution in [3.05, 3.63) is 76.2 Å². The molecule has 0 atom stereocenters. The number of halogens is 1. The van der Waals surface area contributed by atoms with E-state index in [1.54, 1.807) is 0 Å². The molecule has 1 N–H and O–H groups in total. The second kappa shape index (κ2) is 6.07. The number of nitrogens with zero attached hydrogens (tertiary/aromatic N) is 3. The zero-order valence-corrected chi connectivity index (χ0v) is 13.9. The van der Waals surface area contributed by atoms with E-state index in [-0.39, 0.29) is 5.02 Å². The van der Waals surface area contributed by atoms with E-state index < -0.39 is 5.56 Å². The van der Waals surface area contributed by atoms with E-state index in [2.05, 4.69) is 15.4 Å². The number of anilines is 2. The normalized spacial score (nSPS) is 10.9. The van der Waals surface area contributed by atoms with E-state index in [1.165, 1.54) is 22.2 Å². The molecule has 0 unspecified atom stereocenters. The summed E-state index contributed by atoms with van der Waals surface area (Å²) in [6, 6.07) is 17.2. The molecule has 2 aromatic carbocycles. The Balaban J connectivity index is 1.75. The van der Waals surface area contributed by atoms with Crippen LogP contribution in [-0.4, -0.2) is 14.8 Å². The third kappa shape index (κ3) is 2.66. The molecule has 0 saturated heterocycles. The number of rotatable bonds is 3. The maximum Gasteiger partial charge on any atom is 0.294 e. The van der Waals surface area contributed by atoms with Crippen LogP contribution in [0.4, 0.5) is 11.4 Å². The van der Waals surface area contributed by atoms with Gasteiger partial charge >= 0.3 is 0 Å². The molecule has 0 radical (unpaired) electrons. The topological polar surface area (TPSA) is 59.8 Å². The lowest BCUT2D eigenvalue weighted by molar-refractivity contribution is 0.803. The maximum atomic E-state index is 12.6. The van der Waals surface area contributed by atoms with E-state index in [4.69, 9.17) is 11.6 Å². The highest BCUT2D eigenvalue weighted by molar-refractivity contribution is 7.20. The lowest BCUT2D eigenvalue weighted by atomic mass is 10.3. The maximum absolute atomic E-state index is 12.6. The van der Waals surface area contributed by atoms with E-state index in [1.807, 2.05) is 54.6 Å². The van der Waals surface area contributed by atoms with Crippen LogP contribution in [0.15, 0.2) is 65.6 Å². The Kier molecular flexibility index (Phi) is 3.76. The first-order valence-electron chi connectivity index (χ1n) is 7.18. The van der Waals surface area contributed by atoms with Gasteiger partial charge in [0.05, 0.1) is 22.1 Å². The molecule has 0 amide bonds. The van der Waals surface area contributed by atoms with E-state index >= 15 is 0 Å². The molecule has 0 bridgehead atoms. The molecule has 0 saturated carbocycles. The van der Waals surface area contributed by atoms with Gasteiger partial charge in [-0.05, 0) is 24.3 Å².